The summed E-state index contributed by atoms with van der Waals surface area (Å²) < 4.78 is 36.1. The Bertz CT molecular complexity index is 1930. The van der Waals surface area contributed by atoms with Crippen molar-refractivity contribution in [1.29, 1.82) is 0 Å². The number of hydrogen-bond donors (Lipinski definition) is 2. The van der Waals surface area contributed by atoms with Crippen LogP contribution in [0.4, 0.5) is 19.4 Å². The maximum atomic E-state index is 14.1. The van der Waals surface area contributed by atoms with Gasteiger partial charge in [0.05, 0.1) is 24.0 Å². The first kappa shape index (κ1) is 30.1. The number of aromatic nitrogens is 4. The van der Waals surface area contributed by atoms with Gasteiger partial charge in [0.1, 0.15) is 17.6 Å². The van der Waals surface area contributed by atoms with Crippen LogP contribution in [0.3, 0.4) is 0 Å². The lowest BCUT2D eigenvalue weighted by Crippen LogP contribution is -2.42. The van der Waals surface area contributed by atoms with E-state index in [9.17, 15) is 18.4 Å². The summed E-state index contributed by atoms with van der Waals surface area (Å²) in [6.07, 6.45) is 0.880. The number of carbonyl (C=O) groups excluding carboxylic acids is 1. The van der Waals surface area contributed by atoms with Crippen molar-refractivity contribution in [3.63, 3.8) is 0 Å². The van der Waals surface area contributed by atoms with Crippen molar-refractivity contribution in [2.24, 2.45) is 7.05 Å². The molecular formula is C32H31F2N7O4. The van der Waals surface area contributed by atoms with Crippen LogP contribution in [0.15, 0.2) is 77.7 Å². The average Bonchev–Trinajstić information content (AvgIpc) is 3.59. The van der Waals surface area contributed by atoms with E-state index in [-0.39, 0.29) is 12.1 Å². The zero-order valence-corrected chi connectivity index (χ0v) is 24.8. The summed E-state index contributed by atoms with van der Waals surface area (Å²) in [5.41, 5.74) is 3.45. The van der Waals surface area contributed by atoms with E-state index < -0.39 is 29.8 Å². The van der Waals surface area contributed by atoms with E-state index >= 15 is 0 Å². The first-order valence-electron chi connectivity index (χ1n) is 14.3. The number of hydroxylamine groups is 2. The van der Waals surface area contributed by atoms with Crippen LogP contribution in [0.5, 0.6) is 0 Å². The van der Waals surface area contributed by atoms with Crippen molar-refractivity contribution >= 4 is 22.9 Å². The van der Waals surface area contributed by atoms with Crippen LogP contribution in [0.2, 0.25) is 0 Å². The Kier molecular flexibility index (Phi) is 8.39. The van der Waals surface area contributed by atoms with Crippen LogP contribution in [0, 0.1) is 18.6 Å². The Morgan fingerprint density at radius 2 is 1.89 bits per heavy atom. The minimum absolute atomic E-state index is 0.161. The van der Waals surface area contributed by atoms with E-state index in [0.29, 0.717) is 52.7 Å². The normalized spacial score (nSPS) is 16.7. The summed E-state index contributed by atoms with van der Waals surface area (Å²) in [5.74, 6) is -1.55. The van der Waals surface area contributed by atoms with Gasteiger partial charge in [-0.3, -0.25) is 19.5 Å². The highest BCUT2D eigenvalue weighted by molar-refractivity contribution is 5.91. The van der Waals surface area contributed by atoms with Gasteiger partial charge in [-0.2, -0.15) is 10.2 Å². The molecule has 232 valence electrons. The summed E-state index contributed by atoms with van der Waals surface area (Å²) in [6.45, 7) is 2.92. The number of ether oxygens (including phenoxy) is 1. The topological polar surface area (TPSA) is 116 Å². The number of anilines is 1. The molecule has 0 aliphatic carbocycles. The van der Waals surface area contributed by atoms with Crippen LogP contribution in [-0.4, -0.2) is 63.3 Å². The smallest absolute Gasteiger partial charge is 0.320 e. The number of para-hydroxylation sites is 1. The van der Waals surface area contributed by atoms with Crippen LogP contribution in [0.25, 0.3) is 28.0 Å². The predicted molar refractivity (Wildman–Crippen MR) is 164 cm³/mol. The number of methoxy groups -OCH3 is 1. The maximum Gasteiger partial charge on any atom is 0.320 e. The number of benzene rings is 2. The Hall–Kier alpha value is -4.98. The highest BCUT2D eigenvalue weighted by atomic mass is 19.2. The molecule has 1 saturated heterocycles. The highest BCUT2D eigenvalue weighted by Crippen LogP contribution is 2.33. The molecule has 13 heteroatoms. The molecule has 2 aromatic carbocycles. The molecule has 0 saturated carbocycles. The second-order valence-electron chi connectivity index (χ2n) is 10.7. The van der Waals surface area contributed by atoms with Crippen molar-refractivity contribution in [2.75, 3.05) is 32.1 Å². The van der Waals surface area contributed by atoms with E-state index in [1.165, 1.54) is 16.7 Å². The van der Waals surface area contributed by atoms with Crippen molar-refractivity contribution in [3.05, 3.63) is 106 Å². The minimum atomic E-state index is -1.00. The first-order chi connectivity index (χ1) is 21.7. The largest absolute Gasteiger partial charge is 0.383 e. The number of hydrogen-bond acceptors (Lipinski definition) is 7. The molecule has 2 amide bonds. The average molecular weight is 616 g/mol. The number of carbonyl (C=O) groups is 1. The number of nitrogens with one attached hydrogen (secondary N) is 2. The third-order valence-electron chi connectivity index (χ3n) is 7.74. The molecule has 2 N–H and O–H groups in total. The number of amides is 2. The zero-order valence-electron chi connectivity index (χ0n) is 24.8. The van der Waals surface area contributed by atoms with Crippen LogP contribution < -0.4 is 16.2 Å². The molecule has 1 aliphatic rings. The quantitative estimate of drug-likeness (QED) is 0.264. The van der Waals surface area contributed by atoms with Crippen LogP contribution in [-0.2, 0) is 16.6 Å². The van der Waals surface area contributed by atoms with E-state index in [0.717, 1.165) is 17.5 Å². The standard InChI is InChI=1S/C32H31F2N7O4/c1-19-28(22-15-21-10-12-27(42)39(2)31(21)35-17-22)38-41(23-7-5-4-6-8-23)30(19)37-32(43)36-26-18-40(13-14-44-3)45-29(26)20-9-11-24(33)25(34)16-20/h4-12,15-17,26,29H,13-14,18H2,1-3H3,(H2,36,37,43)/t26-,29+/m1/s1. The lowest BCUT2D eigenvalue weighted by atomic mass is 10.0. The van der Waals surface area contributed by atoms with Gasteiger partial charge in [-0.05, 0) is 48.9 Å². The number of pyridine rings is 2. The molecule has 4 heterocycles. The van der Waals surface area contributed by atoms with Gasteiger partial charge in [-0.25, -0.2) is 23.2 Å². The van der Waals surface area contributed by atoms with Gasteiger partial charge in [-0.15, -0.1) is 0 Å². The monoisotopic (exact) mass is 615 g/mol. The molecule has 3 aromatic heterocycles. The van der Waals surface area contributed by atoms with Crippen molar-refractivity contribution in [3.8, 4) is 16.9 Å². The highest BCUT2D eigenvalue weighted by Gasteiger charge is 2.37. The van der Waals surface area contributed by atoms with Crippen molar-refractivity contribution in [1.82, 2.24) is 29.7 Å². The molecule has 1 aliphatic heterocycles. The van der Waals surface area contributed by atoms with E-state index in [2.05, 4.69) is 15.6 Å². The lowest BCUT2D eigenvalue weighted by Gasteiger charge is -2.20. The van der Waals surface area contributed by atoms with Crippen molar-refractivity contribution in [2.45, 2.75) is 19.1 Å². The van der Waals surface area contributed by atoms with Gasteiger partial charge in [0, 0.05) is 56.0 Å². The molecule has 2 atom stereocenters. The molecule has 1 fully saturated rings. The number of fused-ring (bicyclic) bond motifs is 1. The fourth-order valence-electron chi connectivity index (χ4n) is 5.40. The zero-order chi connectivity index (χ0) is 31.7. The second-order valence-corrected chi connectivity index (χ2v) is 10.7. The summed E-state index contributed by atoms with van der Waals surface area (Å²) in [5, 5.41) is 13.1. The number of aryl methyl sites for hydroxylation is 1. The van der Waals surface area contributed by atoms with Gasteiger partial charge in [0.15, 0.2) is 11.6 Å². The Morgan fingerprint density at radius 3 is 2.64 bits per heavy atom. The summed E-state index contributed by atoms with van der Waals surface area (Å²) in [6, 6.07) is 16.8. The number of nitrogens with zero attached hydrogens (tertiary/aromatic N) is 5. The third-order valence-corrected chi connectivity index (χ3v) is 7.74. The van der Waals surface area contributed by atoms with Gasteiger partial charge < -0.3 is 10.1 Å². The summed E-state index contributed by atoms with van der Waals surface area (Å²) in [4.78, 5) is 36.2. The Labute approximate surface area is 257 Å². The van der Waals surface area contributed by atoms with Gasteiger partial charge in [0.2, 0.25) is 0 Å². The van der Waals surface area contributed by atoms with Crippen molar-refractivity contribution < 1.29 is 23.1 Å². The number of urea groups is 1. The first-order valence-corrected chi connectivity index (χ1v) is 14.3. The molecule has 0 bridgehead atoms. The molecular weight excluding hydrogens is 584 g/mol. The fourth-order valence-corrected chi connectivity index (χ4v) is 5.40. The molecule has 5 aromatic rings. The number of halogens is 2. The third kappa shape index (κ3) is 6.05. The van der Waals surface area contributed by atoms with E-state index in [1.54, 1.807) is 36.2 Å². The molecule has 0 unspecified atom stereocenters. The predicted octanol–water partition coefficient (Wildman–Crippen LogP) is 4.50. The van der Waals surface area contributed by atoms with E-state index in [4.69, 9.17) is 14.7 Å². The fraction of sp³-hybridized carbons (Fsp3) is 0.250. The number of rotatable bonds is 8. The molecule has 0 radical (unpaired) electrons. The Morgan fingerprint density at radius 1 is 1.09 bits per heavy atom. The van der Waals surface area contributed by atoms with Gasteiger partial charge in [-0.1, -0.05) is 24.3 Å². The Balaban J connectivity index is 1.32. The van der Waals surface area contributed by atoms with Crippen LogP contribution in [0.1, 0.15) is 17.2 Å². The van der Waals surface area contributed by atoms with Gasteiger partial charge >= 0.3 is 6.03 Å². The molecule has 6 rings (SSSR count). The SMILES string of the molecule is COCCN1C[C@@H](NC(=O)Nc2c(C)c(-c3cnc4c(ccc(=O)n4C)c3)nn2-c2ccccc2)[C@H](c2ccc(F)c(F)c2)O1. The minimum Gasteiger partial charge on any atom is -0.383 e. The molecule has 0 spiro atoms. The van der Waals surface area contributed by atoms with Crippen LogP contribution >= 0.6 is 0 Å². The summed E-state index contributed by atoms with van der Waals surface area (Å²) in [7, 11) is 3.23. The maximum absolute atomic E-state index is 14.1. The lowest BCUT2D eigenvalue weighted by molar-refractivity contribution is -0.154. The van der Waals surface area contributed by atoms with Gasteiger partial charge in [0.25, 0.3) is 5.56 Å². The second kappa shape index (κ2) is 12.6. The molecule has 45 heavy (non-hydrogen) atoms. The summed E-state index contributed by atoms with van der Waals surface area (Å²) >= 11 is 0. The van der Waals surface area contributed by atoms with E-state index in [1.807, 2.05) is 43.3 Å². The molecule has 11 nitrogen and oxygen atoms in total.